The van der Waals surface area contributed by atoms with Gasteiger partial charge in [0.25, 0.3) is 11.5 Å². The summed E-state index contributed by atoms with van der Waals surface area (Å²) in [6.45, 7) is 4.14. The Kier molecular flexibility index (Phi) is 6.96. The Morgan fingerprint density at radius 1 is 1.06 bits per heavy atom. The van der Waals surface area contributed by atoms with Gasteiger partial charge in [0.2, 0.25) is 10.0 Å². The van der Waals surface area contributed by atoms with E-state index in [4.69, 9.17) is 0 Å². The molecule has 0 fully saturated rings. The number of rotatable bonds is 7. The summed E-state index contributed by atoms with van der Waals surface area (Å²) in [7, 11) is -0.583. The van der Waals surface area contributed by atoms with Crippen LogP contribution >= 0.6 is 0 Å². The van der Waals surface area contributed by atoms with E-state index in [0.717, 1.165) is 21.0 Å². The number of hydrogen-bond acceptors (Lipinski definition) is 4. The van der Waals surface area contributed by atoms with Gasteiger partial charge in [0.05, 0.1) is 17.5 Å². The molecule has 0 aliphatic rings. The molecule has 0 radical (unpaired) electrons. The maximum absolute atomic E-state index is 12.9. The summed E-state index contributed by atoms with van der Waals surface area (Å²) in [4.78, 5) is 25.8. The van der Waals surface area contributed by atoms with Gasteiger partial charge in [0.1, 0.15) is 5.56 Å². The number of nitrogens with one attached hydrogen (secondary N) is 1. The summed E-state index contributed by atoms with van der Waals surface area (Å²) in [5.41, 5.74) is 2.49. The number of pyridine rings is 1. The second-order valence-corrected chi connectivity index (χ2v) is 10.0. The Morgan fingerprint density at radius 3 is 2.38 bits per heavy atom. The standard InChI is InChI=1S/C24H27N3O4S/c1-17-7-5-8-19(15-17)16-27-14-6-9-22(24(27)29)23(28)25-18(2)20-10-12-21(13-11-20)32(30,31)26(3)4/h5-15,18H,16H2,1-4H3,(H,25,28). The number of carbonyl (C=O) groups is 1. The van der Waals surface area contributed by atoms with Crippen molar-refractivity contribution in [2.45, 2.75) is 31.3 Å². The molecule has 0 spiro atoms. The molecule has 0 saturated heterocycles. The fourth-order valence-corrected chi connectivity index (χ4v) is 4.24. The molecule has 1 heterocycles. The highest BCUT2D eigenvalue weighted by molar-refractivity contribution is 7.89. The Hall–Kier alpha value is -3.23. The first-order valence-electron chi connectivity index (χ1n) is 10.2. The summed E-state index contributed by atoms with van der Waals surface area (Å²) >= 11 is 0. The Morgan fingerprint density at radius 2 is 1.75 bits per heavy atom. The molecule has 2 aromatic carbocycles. The van der Waals surface area contributed by atoms with E-state index in [0.29, 0.717) is 6.54 Å². The minimum atomic E-state index is -3.52. The van der Waals surface area contributed by atoms with Crippen molar-refractivity contribution in [2.75, 3.05) is 14.1 Å². The third kappa shape index (κ3) is 5.15. The second kappa shape index (κ2) is 9.50. The molecule has 1 unspecified atom stereocenters. The van der Waals surface area contributed by atoms with Gasteiger partial charge in [0, 0.05) is 20.3 Å². The molecule has 8 heteroatoms. The van der Waals surface area contributed by atoms with Crippen LogP contribution in [-0.2, 0) is 16.6 Å². The highest BCUT2D eigenvalue weighted by atomic mass is 32.2. The summed E-state index contributed by atoms with van der Waals surface area (Å²) in [6, 6.07) is 16.9. The number of hydrogen-bond donors (Lipinski definition) is 1. The van der Waals surface area contributed by atoms with Crippen LogP contribution in [0, 0.1) is 6.92 Å². The fraction of sp³-hybridized carbons (Fsp3) is 0.250. The van der Waals surface area contributed by atoms with Crippen molar-refractivity contribution < 1.29 is 13.2 Å². The van der Waals surface area contributed by atoms with Crippen molar-refractivity contribution in [3.63, 3.8) is 0 Å². The Bertz CT molecular complexity index is 1280. The first kappa shape index (κ1) is 23.4. The van der Waals surface area contributed by atoms with Gasteiger partial charge in [0.15, 0.2) is 0 Å². The number of amides is 1. The lowest BCUT2D eigenvalue weighted by molar-refractivity contribution is 0.0937. The topological polar surface area (TPSA) is 88.5 Å². The van der Waals surface area contributed by atoms with Crippen molar-refractivity contribution in [1.29, 1.82) is 0 Å². The molecular formula is C24H27N3O4S. The van der Waals surface area contributed by atoms with Crippen LogP contribution in [0.15, 0.2) is 76.6 Å². The molecule has 1 amide bonds. The van der Waals surface area contributed by atoms with E-state index in [9.17, 15) is 18.0 Å². The zero-order valence-corrected chi connectivity index (χ0v) is 19.4. The summed E-state index contributed by atoms with van der Waals surface area (Å²) in [5.74, 6) is -0.480. The van der Waals surface area contributed by atoms with Gasteiger partial charge in [-0.3, -0.25) is 9.59 Å². The third-order valence-electron chi connectivity index (χ3n) is 5.21. The molecule has 3 aromatic rings. The molecular weight excluding hydrogens is 426 g/mol. The normalized spacial score (nSPS) is 12.5. The first-order valence-corrected chi connectivity index (χ1v) is 11.6. The number of aromatic nitrogens is 1. The molecule has 0 aliphatic heterocycles. The van der Waals surface area contributed by atoms with Crippen molar-refractivity contribution in [3.05, 3.63) is 99.5 Å². The van der Waals surface area contributed by atoms with E-state index in [2.05, 4.69) is 5.32 Å². The maximum atomic E-state index is 12.9. The highest BCUT2D eigenvalue weighted by Gasteiger charge is 2.19. The fourth-order valence-electron chi connectivity index (χ4n) is 3.34. The Balaban J connectivity index is 1.76. The van der Waals surface area contributed by atoms with Crippen LogP contribution in [-0.4, -0.2) is 37.3 Å². The van der Waals surface area contributed by atoms with E-state index in [1.54, 1.807) is 31.3 Å². The molecule has 3 rings (SSSR count). The predicted molar refractivity (Wildman–Crippen MR) is 124 cm³/mol. The number of aryl methyl sites for hydroxylation is 1. The molecule has 32 heavy (non-hydrogen) atoms. The van der Waals surface area contributed by atoms with Gasteiger partial charge >= 0.3 is 0 Å². The first-order chi connectivity index (χ1) is 15.1. The summed E-state index contributed by atoms with van der Waals surface area (Å²) in [6.07, 6.45) is 1.66. The predicted octanol–water partition coefficient (Wildman–Crippen LogP) is 2.95. The van der Waals surface area contributed by atoms with Gasteiger partial charge in [-0.1, -0.05) is 42.0 Å². The van der Waals surface area contributed by atoms with E-state index < -0.39 is 22.0 Å². The van der Waals surface area contributed by atoms with E-state index in [1.165, 1.54) is 36.9 Å². The lowest BCUT2D eigenvalue weighted by atomic mass is 10.1. The molecule has 7 nitrogen and oxygen atoms in total. The summed E-state index contributed by atoms with van der Waals surface area (Å²) < 4.78 is 27.1. The van der Waals surface area contributed by atoms with Gasteiger partial charge < -0.3 is 9.88 Å². The minimum Gasteiger partial charge on any atom is -0.345 e. The van der Waals surface area contributed by atoms with Crippen LogP contribution in [0.5, 0.6) is 0 Å². The zero-order valence-electron chi connectivity index (χ0n) is 18.6. The molecule has 168 valence electrons. The molecule has 0 saturated carbocycles. The van der Waals surface area contributed by atoms with E-state index >= 15 is 0 Å². The van der Waals surface area contributed by atoms with Crippen LogP contribution in [0.25, 0.3) is 0 Å². The van der Waals surface area contributed by atoms with Gasteiger partial charge in [-0.2, -0.15) is 0 Å². The SMILES string of the molecule is Cc1cccc(Cn2cccc(C(=O)NC(C)c3ccc(S(=O)(=O)N(C)C)cc3)c2=O)c1. The largest absolute Gasteiger partial charge is 0.345 e. The van der Waals surface area contributed by atoms with Crippen LogP contribution in [0.3, 0.4) is 0 Å². The van der Waals surface area contributed by atoms with Crippen molar-refractivity contribution >= 4 is 15.9 Å². The number of benzene rings is 2. The Labute approximate surface area is 188 Å². The van der Waals surface area contributed by atoms with Gasteiger partial charge in [-0.25, -0.2) is 12.7 Å². The van der Waals surface area contributed by atoms with Crippen molar-refractivity contribution in [1.82, 2.24) is 14.2 Å². The summed E-state index contributed by atoms with van der Waals surface area (Å²) in [5, 5.41) is 2.82. The van der Waals surface area contributed by atoms with E-state index in [-0.39, 0.29) is 16.0 Å². The quantitative estimate of drug-likeness (QED) is 0.596. The maximum Gasteiger partial charge on any atom is 0.263 e. The number of sulfonamides is 1. The van der Waals surface area contributed by atoms with Gasteiger partial charge in [-0.15, -0.1) is 0 Å². The second-order valence-electron chi connectivity index (χ2n) is 7.90. The van der Waals surface area contributed by atoms with E-state index in [1.807, 2.05) is 31.2 Å². The lowest BCUT2D eigenvalue weighted by Crippen LogP contribution is -2.34. The monoisotopic (exact) mass is 453 g/mol. The van der Waals surface area contributed by atoms with Crippen LogP contribution < -0.4 is 10.9 Å². The molecule has 0 aliphatic carbocycles. The van der Waals surface area contributed by atoms with Gasteiger partial charge in [-0.05, 0) is 49.2 Å². The molecule has 1 atom stereocenters. The molecule has 0 bridgehead atoms. The number of carbonyl (C=O) groups excluding carboxylic acids is 1. The van der Waals surface area contributed by atoms with Crippen LogP contribution in [0.2, 0.25) is 0 Å². The highest BCUT2D eigenvalue weighted by Crippen LogP contribution is 2.18. The molecule has 1 aromatic heterocycles. The number of nitrogens with zero attached hydrogens (tertiary/aromatic N) is 2. The minimum absolute atomic E-state index is 0.0545. The smallest absolute Gasteiger partial charge is 0.263 e. The average molecular weight is 454 g/mol. The van der Waals surface area contributed by atoms with Crippen LogP contribution in [0.4, 0.5) is 0 Å². The lowest BCUT2D eigenvalue weighted by Gasteiger charge is -2.16. The zero-order chi connectivity index (χ0) is 23.5. The average Bonchev–Trinajstić information content (AvgIpc) is 2.75. The third-order valence-corrected chi connectivity index (χ3v) is 7.04. The van der Waals surface area contributed by atoms with Crippen LogP contribution in [0.1, 0.15) is 40.0 Å². The molecule has 1 N–H and O–H groups in total. The van der Waals surface area contributed by atoms with Crippen molar-refractivity contribution in [2.24, 2.45) is 0 Å². The van der Waals surface area contributed by atoms with Crippen molar-refractivity contribution in [3.8, 4) is 0 Å².